The Morgan fingerprint density at radius 2 is 1.96 bits per heavy atom. The molecule has 3 aromatic rings. The highest BCUT2D eigenvalue weighted by molar-refractivity contribution is 6.17. The van der Waals surface area contributed by atoms with Gasteiger partial charge in [0.05, 0.1) is 22.5 Å². The lowest BCUT2D eigenvalue weighted by Gasteiger charge is -2.10. The maximum absolute atomic E-state index is 11.4. The van der Waals surface area contributed by atoms with E-state index in [4.69, 9.17) is 17.3 Å². The van der Waals surface area contributed by atoms with Crippen LogP contribution in [0.4, 0.5) is 5.95 Å². The quantitative estimate of drug-likeness (QED) is 0.521. The number of nitrogens with two attached hydrogens (primary N) is 1. The Balaban J connectivity index is 2.14. The number of pyridine rings is 1. The van der Waals surface area contributed by atoms with E-state index in [1.54, 1.807) is 25.3 Å². The van der Waals surface area contributed by atoms with E-state index in [-0.39, 0.29) is 17.4 Å². The minimum Gasteiger partial charge on any atom is -0.478 e. The van der Waals surface area contributed by atoms with Gasteiger partial charge in [0.1, 0.15) is 0 Å². The fraction of sp³-hybridized carbons (Fsp3) is 0.143. The van der Waals surface area contributed by atoms with Gasteiger partial charge in [-0.15, -0.1) is 11.6 Å². The molecule has 0 radical (unpaired) electrons. The molecule has 0 fully saturated rings. The molecule has 0 aliphatic rings. The third kappa shape index (κ3) is 4.11. The number of halogens is 1. The van der Waals surface area contributed by atoms with Gasteiger partial charge in [0.25, 0.3) is 0 Å². The van der Waals surface area contributed by atoms with Crippen molar-refractivity contribution in [1.29, 1.82) is 0 Å². The largest absolute Gasteiger partial charge is 0.478 e. The van der Waals surface area contributed by atoms with Crippen molar-refractivity contribution in [2.45, 2.75) is 19.7 Å². The van der Waals surface area contributed by atoms with E-state index in [9.17, 15) is 9.90 Å². The van der Waals surface area contributed by atoms with Crippen LogP contribution in [0.3, 0.4) is 0 Å². The number of benzene rings is 1. The predicted molar refractivity (Wildman–Crippen MR) is 108 cm³/mol. The van der Waals surface area contributed by atoms with Crippen molar-refractivity contribution >= 4 is 23.5 Å². The Morgan fingerprint density at radius 3 is 2.61 bits per heavy atom. The van der Waals surface area contributed by atoms with Crippen LogP contribution in [0, 0.1) is 25.7 Å². The molecule has 0 aliphatic carbocycles. The first-order valence-electron chi connectivity index (χ1n) is 8.40. The molecule has 2 heterocycles. The molecule has 28 heavy (non-hydrogen) atoms. The van der Waals surface area contributed by atoms with Crippen LogP contribution in [0.15, 0.2) is 36.5 Å². The molecule has 0 atom stereocenters. The lowest BCUT2D eigenvalue weighted by Crippen LogP contribution is -2.05. The number of nitrogens with zero attached hydrogens (tertiary/aromatic N) is 3. The summed E-state index contributed by atoms with van der Waals surface area (Å²) in [5, 5.41) is 9.30. The number of hydrogen-bond donors (Lipinski definition) is 2. The van der Waals surface area contributed by atoms with Gasteiger partial charge in [0, 0.05) is 28.9 Å². The van der Waals surface area contributed by atoms with Crippen molar-refractivity contribution in [3.8, 4) is 23.1 Å². The molecule has 0 unspecified atom stereocenters. The highest BCUT2D eigenvalue weighted by atomic mass is 35.5. The van der Waals surface area contributed by atoms with Crippen molar-refractivity contribution < 1.29 is 9.90 Å². The molecule has 6 nitrogen and oxygen atoms in total. The van der Waals surface area contributed by atoms with Gasteiger partial charge in [0.2, 0.25) is 5.95 Å². The molecule has 0 saturated carbocycles. The first-order valence-corrected chi connectivity index (χ1v) is 8.94. The van der Waals surface area contributed by atoms with Crippen molar-refractivity contribution in [3.05, 3.63) is 70.2 Å². The van der Waals surface area contributed by atoms with Crippen molar-refractivity contribution in [1.82, 2.24) is 15.0 Å². The molecule has 1 aromatic carbocycles. The second-order valence-corrected chi connectivity index (χ2v) is 6.41. The number of aromatic carboxylic acids is 1. The molecule has 7 heteroatoms. The summed E-state index contributed by atoms with van der Waals surface area (Å²) in [5.74, 6) is 5.30. The average Bonchev–Trinajstić information content (AvgIpc) is 2.67. The summed E-state index contributed by atoms with van der Waals surface area (Å²) in [6.45, 7) is 3.70. The number of aromatic nitrogens is 3. The van der Waals surface area contributed by atoms with Gasteiger partial charge in [-0.05, 0) is 43.7 Å². The number of alkyl halides is 1. The van der Waals surface area contributed by atoms with Crippen LogP contribution >= 0.6 is 11.6 Å². The van der Waals surface area contributed by atoms with E-state index in [0.29, 0.717) is 28.1 Å². The van der Waals surface area contributed by atoms with E-state index in [0.717, 1.165) is 11.3 Å². The van der Waals surface area contributed by atoms with Crippen molar-refractivity contribution in [2.75, 3.05) is 5.73 Å². The number of carbonyl (C=O) groups is 1. The predicted octanol–water partition coefficient (Wildman–Crippen LogP) is 3.57. The molecule has 0 spiro atoms. The van der Waals surface area contributed by atoms with Gasteiger partial charge in [-0.3, -0.25) is 4.98 Å². The van der Waals surface area contributed by atoms with Gasteiger partial charge in [-0.25, -0.2) is 14.8 Å². The van der Waals surface area contributed by atoms with E-state index < -0.39 is 5.97 Å². The number of aryl methyl sites for hydroxylation is 2. The maximum atomic E-state index is 11.4. The molecule has 3 rings (SSSR count). The smallest absolute Gasteiger partial charge is 0.336 e. The molecule has 3 N–H and O–H groups in total. The summed E-state index contributed by atoms with van der Waals surface area (Å²) < 4.78 is 0. The first-order chi connectivity index (χ1) is 13.4. The summed E-state index contributed by atoms with van der Waals surface area (Å²) in [6.07, 6.45) is 1.70. The van der Waals surface area contributed by atoms with Crippen LogP contribution in [0.25, 0.3) is 11.3 Å². The Kier molecular flexibility index (Phi) is 5.57. The normalized spacial score (nSPS) is 10.2. The van der Waals surface area contributed by atoms with Gasteiger partial charge in [-0.2, -0.15) is 0 Å². The minimum absolute atomic E-state index is 0.0606. The van der Waals surface area contributed by atoms with Gasteiger partial charge < -0.3 is 10.8 Å². The van der Waals surface area contributed by atoms with E-state index >= 15 is 0 Å². The summed E-state index contributed by atoms with van der Waals surface area (Å²) in [6, 6.07) is 8.63. The average molecular weight is 393 g/mol. The van der Waals surface area contributed by atoms with Gasteiger partial charge in [-0.1, -0.05) is 17.9 Å². The monoisotopic (exact) mass is 392 g/mol. The first kappa shape index (κ1) is 19.3. The fourth-order valence-corrected chi connectivity index (χ4v) is 2.91. The second-order valence-electron chi connectivity index (χ2n) is 6.14. The summed E-state index contributed by atoms with van der Waals surface area (Å²) in [5.41, 5.74) is 10.6. The molecule has 0 bridgehead atoms. The Bertz CT molecular complexity index is 1120. The van der Waals surface area contributed by atoms with Crippen molar-refractivity contribution in [2.24, 2.45) is 0 Å². The molecular weight excluding hydrogens is 376 g/mol. The number of nitrogen functional groups attached to an aromatic ring is 1. The van der Waals surface area contributed by atoms with Crippen LogP contribution in [-0.4, -0.2) is 26.0 Å². The molecule has 140 valence electrons. The Hall–Kier alpha value is -3.43. The van der Waals surface area contributed by atoms with Gasteiger partial charge >= 0.3 is 5.97 Å². The molecule has 2 aromatic heterocycles. The van der Waals surface area contributed by atoms with Crippen molar-refractivity contribution in [3.63, 3.8) is 0 Å². The third-order valence-electron chi connectivity index (χ3n) is 4.10. The van der Waals surface area contributed by atoms with Crippen LogP contribution in [0.1, 0.15) is 38.4 Å². The van der Waals surface area contributed by atoms with Gasteiger partial charge in [0.15, 0.2) is 0 Å². The number of carboxylic acid groups (broad SMARTS) is 1. The van der Waals surface area contributed by atoms with E-state index in [2.05, 4.69) is 26.8 Å². The molecular formula is C21H17ClN4O2. The van der Waals surface area contributed by atoms with Crippen LogP contribution in [0.2, 0.25) is 0 Å². The Morgan fingerprint density at radius 1 is 1.18 bits per heavy atom. The van der Waals surface area contributed by atoms with E-state index in [1.165, 1.54) is 6.07 Å². The fourth-order valence-electron chi connectivity index (χ4n) is 2.69. The number of anilines is 1. The standard InChI is InChI=1S/C21H17ClN4O2/c1-12-3-4-14(11-24-12)5-7-17-13(2)25-21(23)26-19(17)15-6-8-18(20(27)28)16(9-15)10-22/h3-4,6,8-9,11H,10H2,1-2H3,(H,27,28)(H2,23,25,26). The van der Waals surface area contributed by atoms with Crippen LogP contribution in [0.5, 0.6) is 0 Å². The highest BCUT2D eigenvalue weighted by Crippen LogP contribution is 2.27. The lowest BCUT2D eigenvalue weighted by molar-refractivity contribution is 0.0696. The highest BCUT2D eigenvalue weighted by Gasteiger charge is 2.15. The number of carboxylic acids is 1. The zero-order chi connectivity index (χ0) is 20.3. The number of hydrogen-bond acceptors (Lipinski definition) is 5. The lowest BCUT2D eigenvalue weighted by atomic mass is 9.99. The molecule has 0 amide bonds. The molecule has 0 aliphatic heterocycles. The summed E-state index contributed by atoms with van der Waals surface area (Å²) in [4.78, 5) is 24.1. The topological polar surface area (TPSA) is 102 Å². The number of rotatable bonds is 3. The van der Waals surface area contributed by atoms with Crippen LogP contribution in [-0.2, 0) is 5.88 Å². The zero-order valence-corrected chi connectivity index (χ0v) is 16.1. The van der Waals surface area contributed by atoms with Crippen LogP contribution < -0.4 is 5.73 Å². The third-order valence-corrected chi connectivity index (χ3v) is 4.39. The van der Waals surface area contributed by atoms with E-state index in [1.807, 2.05) is 19.1 Å². The molecule has 0 saturated heterocycles. The Labute approximate surface area is 167 Å². The summed E-state index contributed by atoms with van der Waals surface area (Å²) >= 11 is 5.94. The summed E-state index contributed by atoms with van der Waals surface area (Å²) in [7, 11) is 0. The minimum atomic E-state index is -1.03. The maximum Gasteiger partial charge on any atom is 0.336 e. The zero-order valence-electron chi connectivity index (χ0n) is 15.3. The SMILES string of the molecule is Cc1ccc(C#Cc2c(C)nc(N)nc2-c2ccc(C(=O)O)c(CCl)c2)cn1. The second kappa shape index (κ2) is 8.07.